The van der Waals surface area contributed by atoms with Gasteiger partial charge in [-0.1, -0.05) is 0 Å². The second-order valence-electron chi connectivity index (χ2n) is 8.24. The van der Waals surface area contributed by atoms with Crippen LogP contribution in [0, 0.1) is 12.3 Å². The van der Waals surface area contributed by atoms with E-state index < -0.39 is 13.3 Å². The first-order valence-electron chi connectivity index (χ1n) is 7.94. The van der Waals surface area contributed by atoms with E-state index in [1.54, 1.807) is 8.79 Å². The molecule has 0 nitrogen and oxygen atoms in total. The van der Waals surface area contributed by atoms with Gasteiger partial charge in [0.2, 0.25) is 0 Å². The van der Waals surface area contributed by atoms with Crippen molar-refractivity contribution in [2.75, 3.05) is 0 Å². The summed E-state index contributed by atoms with van der Waals surface area (Å²) in [5, 5.41) is 0. The van der Waals surface area contributed by atoms with E-state index in [9.17, 15) is 0 Å². The molecule has 3 rings (SSSR count). The summed E-state index contributed by atoms with van der Waals surface area (Å²) in [7, 11) is 0. The number of rotatable bonds is 1. The van der Waals surface area contributed by atoms with Gasteiger partial charge in [-0.25, -0.2) is 0 Å². The van der Waals surface area contributed by atoms with Crippen LogP contribution in [0.25, 0.3) is 11.1 Å². The zero-order chi connectivity index (χ0) is 15.4. The van der Waals surface area contributed by atoms with Crippen molar-refractivity contribution >= 4 is 22.1 Å². The number of hydrogen-bond donors (Lipinski definition) is 0. The predicted octanol–water partition coefficient (Wildman–Crippen LogP) is 4.39. The van der Waals surface area contributed by atoms with E-state index >= 15 is 0 Å². The molecule has 0 atom stereocenters. The summed E-state index contributed by atoms with van der Waals surface area (Å²) in [6.45, 7) is 9.24. The van der Waals surface area contributed by atoms with Crippen LogP contribution in [0.1, 0.15) is 31.9 Å². The maximum atomic E-state index is 2.54. The molecule has 0 N–H and O–H groups in total. The maximum absolute atomic E-state index is 2.54. The van der Waals surface area contributed by atoms with Crippen LogP contribution in [0.4, 0.5) is 0 Å². The molecule has 1 aliphatic heterocycles. The van der Waals surface area contributed by atoms with Gasteiger partial charge in [0, 0.05) is 0 Å². The Balaban J connectivity index is 2.19. The Labute approximate surface area is 132 Å². The Morgan fingerprint density at radius 3 is 2.33 bits per heavy atom. The molecule has 110 valence electrons. The first-order valence-corrected chi connectivity index (χ1v) is 14.2. The number of fused-ring (bicyclic) bond motifs is 3. The SMILES string of the molecule is Cc1cccc2[c]1[Ge]([CH3])([CH3])[c]1ccc(CC(C)(C)C)cc1-2. The third-order valence-electron chi connectivity index (χ3n) is 4.68. The van der Waals surface area contributed by atoms with Crippen LogP contribution in [-0.4, -0.2) is 13.3 Å². The van der Waals surface area contributed by atoms with Crippen LogP contribution >= 0.6 is 0 Å². The van der Waals surface area contributed by atoms with Crippen molar-refractivity contribution < 1.29 is 0 Å². The Morgan fingerprint density at radius 2 is 1.67 bits per heavy atom. The molecule has 0 amide bonds. The molecule has 0 aliphatic carbocycles. The van der Waals surface area contributed by atoms with E-state index in [1.807, 2.05) is 0 Å². The molecule has 2 aromatic carbocycles. The minimum absolute atomic E-state index is 0.346. The molecular weight excluding hydrogens is 313 g/mol. The van der Waals surface area contributed by atoms with Crippen LogP contribution in [0.15, 0.2) is 36.4 Å². The Kier molecular flexibility index (Phi) is 3.36. The van der Waals surface area contributed by atoms with E-state index in [2.05, 4.69) is 75.6 Å². The molecular formula is C20H26Ge. The van der Waals surface area contributed by atoms with Crippen LogP contribution in [0.5, 0.6) is 0 Å². The average molecular weight is 339 g/mol. The van der Waals surface area contributed by atoms with Gasteiger partial charge in [0.1, 0.15) is 0 Å². The van der Waals surface area contributed by atoms with E-state index in [1.165, 1.54) is 22.3 Å². The van der Waals surface area contributed by atoms with Gasteiger partial charge < -0.3 is 0 Å². The van der Waals surface area contributed by atoms with Crippen LogP contribution in [0.3, 0.4) is 0 Å². The van der Waals surface area contributed by atoms with Gasteiger partial charge in [-0.15, -0.1) is 0 Å². The van der Waals surface area contributed by atoms with Crippen molar-refractivity contribution in [2.24, 2.45) is 5.41 Å². The number of aryl methyl sites for hydroxylation is 1. The van der Waals surface area contributed by atoms with Gasteiger partial charge in [0.15, 0.2) is 0 Å². The molecule has 0 fully saturated rings. The summed E-state index contributed by atoms with van der Waals surface area (Å²) >= 11 is -2.08. The zero-order valence-electron chi connectivity index (χ0n) is 14.2. The van der Waals surface area contributed by atoms with Crippen molar-refractivity contribution in [3.63, 3.8) is 0 Å². The average Bonchev–Trinajstić information content (AvgIpc) is 2.57. The predicted molar refractivity (Wildman–Crippen MR) is 96.5 cm³/mol. The normalized spacial score (nSPS) is 15.7. The van der Waals surface area contributed by atoms with Crippen molar-refractivity contribution in [3.8, 4) is 11.1 Å². The standard InChI is InChI=1S/C20H26Ge/c1-14-8-7-9-16-17-12-15(13-20(2,3)4)10-11-18(17)21(5,6)19(14)16/h7-12H,13H2,1-6H3. The number of benzene rings is 2. The van der Waals surface area contributed by atoms with Gasteiger partial charge in [-0.3, -0.25) is 0 Å². The van der Waals surface area contributed by atoms with E-state index in [0.717, 1.165) is 6.42 Å². The topological polar surface area (TPSA) is 0 Å². The van der Waals surface area contributed by atoms with E-state index in [0.29, 0.717) is 5.41 Å². The van der Waals surface area contributed by atoms with Gasteiger partial charge in [0.05, 0.1) is 0 Å². The molecule has 21 heavy (non-hydrogen) atoms. The minimum atomic E-state index is -2.08. The van der Waals surface area contributed by atoms with Crippen LogP contribution < -0.4 is 8.79 Å². The monoisotopic (exact) mass is 340 g/mol. The molecule has 0 aromatic heterocycles. The van der Waals surface area contributed by atoms with Crippen LogP contribution in [0.2, 0.25) is 11.5 Å². The summed E-state index contributed by atoms with van der Waals surface area (Å²) in [6.07, 6.45) is 1.15. The molecule has 1 aliphatic rings. The van der Waals surface area contributed by atoms with E-state index in [4.69, 9.17) is 0 Å². The fourth-order valence-electron chi connectivity index (χ4n) is 3.94. The first-order chi connectivity index (χ1) is 9.70. The fourth-order valence-corrected chi connectivity index (χ4v) is 11.5. The summed E-state index contributed by atoms with van der Waals surface area (Å²) < 4.78 is 3.36. The van der Waals surface area contributed by atoms with E-state index in [-0.39, 0.29) is 0 Å². The number of hydrogen-bond acceptors (Lipinski definition) is 0. The van der Waals surface area contributed by atoms with Crippen molar-refractivity contribution in [1.82, 2.24) is 0 Å². The molecule has 0 unspecified atom stereocenters. The molecule has 0 saturated heterocycles. The Morgan fingerprint density at radius 1 is 0.952 bits per heavy atom. The second-order valence-corrected chi connectivity index (χ2v) is 17.2. The molecule has 2 aromatic rings. The van der Waals surface area contributed by atoms with Gasteiger partial charge in [-0.2, -0.15) is 0 Å². The zero-order valence-corrected chi connectivity index (χ0v) is 16.3. The molecule has 0 saturated carbocycles. The van der Waals surface area contributed by atoms with Gasteiger partial charge in [-0.05, 0) is 0 Å². The van der Waals surface area contributed by atoms with Gasteiger partial charge >= 0.3 is 132 Å². The van der Waals surface area contributed by atoms with Crippen molar-refractivity contribution in [1.29, 1.82) is 0 Å². The third kappa shape index (κ3) is 2.48. The first kappa shape index (κ1) is 14.9. The molecule has 1 heterocycles. The Bertz CT molecular complexity index is 702. The quantitative estimate of drug-likeness (QED) is 0.676. The molecule has 0 spiro atoms. The third-order valence-corrected chi connectivity index (χ3v) is 12.4. The molecule has 0 radical (unpaired) electrons. The molecule has 0 bridgehead atoms. The molecule has 1 heteroatoms. The van der Waals surface area contributed by atoms with Crippen molar-refractivity contribution in [2.45, 2.75) is 45.6 Å². The summed E-state index contributed by atoms with van der Waals surface area (Å²) in [5.74, 6) is 5.09. The summed E-state index contributed by atoms with van der Waals surface area (Å²) in [6, 6.07) is 14.1. The fraction of sp³-hybridized carbons (Fsp3) is 0.400. The van der Waals surface area contributed by atoms with Crippen molar-refractivity contribution in [3.05, 3.63) is 47.5 Å². The Hall–Kier alpha value is -1.02. The summed E-state index contributed by atoms with van der Waals surface area (Å²) in [5.41, 5.74) is 6.37. The second kappa shape index (κ2) is 4.74. The van der Waals surface area contributed by atoms with Gasteiger partial charge in [0.25, 0.3) is 0 Å². The van der Waals surface area contributed by atoms with Crippen LogP contribution in [-0.2, 0) is 6.42 Å². The summed E-state index contributed by atoms with van der Waals surface area (Å²) in [4.78, 5) is 0.